The summed E-state index contributed by atoms with van der Waals surface area (Å²) in [6.45, 7) is 4.56. The van der Waals surface area contributed by atoms with E-state index in [0.29, 0.717) is 12.6 Å². The van der Waals surface area contributed by atoms with E-state index in [-0.39, 0.29) is 18.5 Å². The molecule has 2 aliphatic heterocycles. The summed E-state index contributed by atoms with van der Waals surface area (Å²) in [6, 6.07) is 27.3. The Labute approximate surface area is 204 Å². The fourth-order valence-electron chi connectivity index (χ4n) is 4.13. The highest BCUT2D eigenvalue weighted by molar-refractivity contribution is 6.41. The van der Waals surface area contributed by atoms with Crippen molar-refractivity contribution >= 4 is 29.1 Å². The van der Waals surface area contributed by atoms with Gasteiger partial charge in [-0.1, -0.05) is 60.7 Å². The van der Waals surface area contributed by atoms with Gasteiger partial charge in [-0.15, -0.1) is 5.10 Å². The molecule has 7 heteroatoms. The Bertz CT molecular complexity index is 1280. The topological polar surface area (TPSA) is 66.7 Å². The molecule has 1 atom stereocenters. The Hall–Kier alpha value is -4.39. The van der Waals surface area contributed by atoms with Gasteiger partial charge in [-0.3, -0.25) is 4.90 Å². The van der Waals surface area contributed by atoms with Crippen molar-refractivity contribution in [2.75, 3.05) is 18.2 Å². The Morgan fingerprint density at radius 2 is 1.57 bits per heavy atom. The molecule has 7 nitrogen and oxygen atoms in total. The molecule has 3 aromatic carbocycles. The number of hydrogen-bond acceptors (Lipinski definition) is 7. The van der Waals surface area contributed by atoms with Gasteiger partial charge in [0.1, 0.15) is 5.75 Å². The van der Waals surface area contributed by atoms with Crippen molar-refractivity contribution in [1.29, 1.82) is 0 Å². The number of hydrazone groups is 1. The first-order valence-electron chi connectivity index (χ1n) is 11.7. The van der Waals surface area contributed by atoms with E-state index in [4.69, 9.17) is 19.6 Å². The first-order valence-corrected chi connectivity index (χ1v) is 11.7. The number of anilines is 1. The van der Waals surface area contributed by atoms with E-state index in [1.165, 1.54) is 0 Å². The summed E-state index contributed by atoms with van der Waals surface area (Å²) in [4.78, 5) is 19.8. The molecular formula is C28H26N4O3. The van der Waals surface area contributed by atoms with Crippen molar-refractivity contribution in [3.8, 4) is 5.75 Å². The predicted octanol–water partition coefficient (Wildman–Crippen LogP) is 5.24. The van der Waals surface area contributed by atoms with E-state index in [1.807, 2.05) is 96.8 Å². The standard InChI is InChI=1S/C28H26N4O3/c1-3-34-23-17-15-22(16-18-23)32-28-29-24(20-11-7-5-8-12-20)19-25(21-13-9-6-10-14-21)31(28)26(30-32)27(33)35-4-2/h5-19,25H,3-4H2,1-2H3. The lowest BCUT2D eigenvalue weighted by atomic mass is 10.0. The largest absolute Gasteiger partial charge is 0.494 e. The quantitative estimate of drug-likeness (QED) is 0.446. The molecule has 0 saturated carbocycles. The number of rotatable bonds is 7. The minimum atomic E-state index is -0.494. The third kappa shape index (κ3) is 4.40. The number of guanidine groups is 1. The van der Waals surface area contributed by atoms with Gasteiger partial charge in [-0.2, -0.15) is 5.01 Å². The SMILES string of the molecule is CCOC(=O)C1=NN(c2ccc(OCC)cc2)C2=NC(c3ccccc3)=CC(c3ccccc3)N12. The highest BCUT2D eigenvalue weighted by Crippen LogP contribution is 2.38. The Morgan fingerprint density at radius 3 is 2.23 bits per heavy atom. The van der Waals surface area contributed by atoms with Crippen molar-refractivity contribution in [2.45, 2.75) is 19.9 Å². The van der Waals surface area contributed by atoms with Crippen LogP contribution in [0.15, 0.2) is 101 Å². The number of benzene rings is 3. The fraction of sp³-hybridized carbons (Fsp3) is 0.179. The molecular weight excluding hydrogens is 440 g/mol. The molecule has 0 aliphatic carbocycles. The van der Waals surface area contributed by atoms with Gasteiger partial charge in [0.05, 0.1) is 30.6 Å². The van der Waals surface area contributed by atoms with Crippen LogP contribution in [0.3, 0.4) is 0 Å². The van der Waals surface area contributed by atoms with Crippen molar-refractivity contribution in [3.63, 3.8) is 0 Å². The molecule has 0 N–H and O–H groups in total. The van der Waals surface area contributed by atoms with Crippen LogP contribution in [-0.2, 0) is 9.53 Å². The number of amidine groups is 1. The molecule has 0 saturated heterocycles. The van der Waals surface area contributed by atoms with Gasteiger partial charge >= 0.3 is 5.97 Å². The van der Waals surface area contributed by atoms with Gasteiger partial charge in [0.25, 0.3) is 0 Å². The molecule has 0 amide bonds. The lowest BCUT2D eigenvalue weighted by Crippen LogP contribution is -2.44. The van der Waals surface area contributed by atoms with Crippen LogP contribution in [0.25, 0.3) is 5.70 Å². The smallest absolute Gasteiger partial charge is 0.376 e. The first-order chi connectivity index (χ1) is 17.2. The summed E-state index contributed by atoms with van der Waals surface area (Å²) in [6.07, 6.45) is 2.06. The summed E-state index contributed by atoms with van der Waals surface area (Å²) in [5.41, 5.74) is 3.57. The van der Waals surface area contributed by atoms with Gasteiger partial charge < -0.3 is 9.47 Å². The van der Waals surface area contributed by atoms with Crippen molar-refractivity contribution in [1.82, 2.24) is 4.90 Å². The Kier molecular flexibility index (Phi) is 6.30. The normalized spacial score (nSPS) is 16.7. The number of hydrogen-bond donors (Lipinski definition) is 0. The molecule has 0 aromatic heterocycles. The second-order valence-corrected chi connectivity index (χ2v) is 7.94. The van der Waals surface area contributed by atoms with E-state index < -0.39 is 5.97 Å². The van der Waals surface area contributed by atoms with E-state index in [0.717, 1.165) is 28.3 Å². The number of ether oxygens (including phenoxy) is 2. The van der Waals surface area contributed by atoms with Crippen molar-refractivity contribution in [3.05, 3.63) is 102 Å². The summed E-state index contributed by atoms with van der Waals surface area (Å²) in [7, 11) is 0. The number of nitrogens with zero attached hydrogens (tertiary/aromatic N) is 4. The van der Waals surface area contributed by atoms with Crippen LogP contribution in [0.5, 0.6) is 5.75 Å². The molecule has 0 fully saturated rings. The number of carbonyl (C=O) groups excluding carboxylic acids is 1. The van der Waals surface area contributed by atoms with Crippen LogP contribution in [0.2, 0.25) is 0 Å². The lowest BCUT2D eigenvalue weighted by molar-refractivity contribution is -0.135. The van der Waals surface area contributed by atoms with Crippen LogP contribution in [0, 0.1) is 0 Å². The average molecular weight is 467 g/mol. The van der Waals surface area contributed by atoms with Crippen LogP contribution in [0.4, 0.5) is 5.69 Å². The minimum Gasteiger partial charge on any atom is -0.494 e. The van der Waals surface area contributed by atoms with Gasteiger partial charge in [-0.25, -0.2) is 9.79 Å². The molecule has 0 spiro atoms. The fourth-order valence-corrected chi connectivity index (χ4v) is 4.13. The van der Waals surface area contributed by atoms with E-state index in [9.17, 15) is 4.79 Å². The van der Waals surface area contributed by atoms with Crippen molar-refractivity contribution < 1.29 is 14.3 Å². The van der Waals surface area contributed by atoms with Crippen molar-refractivity contribution in [2.24, 2.45) is 10.1 Å². The zero-order valence-corrected chi connectivity index (χ0v) is 19.7. The van der Waals surface area contributed by atoms with Gasteiger partial charge in [-0.05, 0) is 49.8 Å². The first kappa shape index (κ1) is 22.4. The summed E-state index contributed by atoms with van der Waals surface area (Å²) >= 11 is 0. The summed E-state index contributed by atoms with van der Waals surface area (Å²) in [5, 5.41) is 6.39. The second-order valence-electron chi connectivity index (χ2n) is 7.94. The second kappa shape index (κ2) is 9.85. The maximum atomic E-state index is 13.0. The molecule has 0 bridgehead atoms. The zero-order valence-electron chi connectivity index (χ0n) is 19.7. The number of esters is 1. The lowest BCUT2D eigenvalue weighted by Gasteiger charge is -2.32. The van der Waals surface area contributed by atoms with Gasteiger partial charge in [0, 0.05) is 5.56 Å². The molecule has 35 heavy (non-hydrogen) atoms. The highest BCUT2D eigenvalue weighted by Gasteiger charge is 2.43. The van der Waals surface area contributed by atoms with Crippen LogP contribution < -0.4 is 9.75 Å². The maximum Gasteiger partial charge on any atom is 0.376 e. The Balaban J connectivity index is 1.65. The molecule has 0 radical (unpaired) electrons. The maximum absolute atomic E-state index is 13.0. The Morgan fingerprint density at radius 1 is 0.886 bits per heavy atom. The van der Waals surface area contributed by atoms with Gasteiger partial charge in [0.2, 0.25) is 11.8 Å². The van der Waals surface area contributed by atoms with Crippen LogP contribution in [0.1, 0.15) is 31.0 Å². The number of aliphatic imine (C=N–C) groups is 1. The number of carbonyl (C=O) groups is 1. The van der Waals surface area contributed by atoms with Crippen LogP contribution in [-0.4, -0.2) is 35.9 Å². The molecule has 2 aliphatic rings. The third-order valence-electron chi connectivity index (χ3n) is 5.70. The van der Waals surface area contributed by atoms with Crippen LogP contribution >= 0.6 is 0 Å². The summed E-state index contributed by atoms with van der Waals surface area (Å²) in [5.74, 6) is 0.995. The van der Waals surface area contributed by atoms with E-state index in [2.05, 4.69) is 6.08 Å². The predicted molar refractivity (Wildman–Crippen MR) is 137 cm³/mol. The summed E-state index contributed by atoms with van der Waals surface area (Å²) < 4.78 is 11.0. The van der Waals surface area contributed by atoms with E-state index >= 15 is 0 Å². The van der Waals surface area contributed by atoms with E-state index in [1.54, 1.807) is 11.9 Å². The monoisotopic (exact) mass is 466 g/mol. The minimum absolute atomic E-state index is 0.191. The average Bonchev–Trinajstić information content (AvgIpc) is 3.30. The zero-order chi connectivity index (χ0) is 24.2. The van der Waals surface area contributed by atoms with Gasteiger partial charge in [0.15, 0.2) is 0 Å². The molecule has 1 unspecified atom stereocenters. The number of fused-ring (bicyclic) bond motifs is 1. The molecule has 3 aromatic rings. The molecule has 176 valence electrons. The molecule has 2 heterocycles. The third-order valence-corrected chi connectivity index (χ3v) is 5.70. The molecule has 5 rings (SSSR count). The highest BCUT2D eigenvalue weighted by atomic mass is 16.5.